The zero-order chi connectivity index (χ0) is 26.0. The number of benzene rings is 1. The van der Waals surface area contributed by atoms with E-state index in [1.54, 1.807) is 13.2 Å². The van der Waals surface area contributed by atoms with Crippen LogP contribution in [0.5, 0.6) is 5.75 Å². The maximum absolute atomic E-state index is 8.58. The van der Waals surface area contributed by atoms with E-state index in [0.29, 0.717) is 23.8 Å². The highest BCUT2D eigenvalue weighted by molar-refractivity contribution is 5.62. The fraction of sp³-hybridized carbons (Fsp3) is 0.269. The lowest BCUT2D eigenvalue weighted by atomic mass is 10.0. The molecule has 1 aliphatic heterocycles. The fourth-order valence-electron chi connectivity index (χ4n) is 3.28. The molecule has 0 saturated heterocycles. The van der Waals surface area contributed by atoms with E-state index in [1.807, 2.05) is 10.9 Å². The molecular formula is C26H34N6O3. The molecular weight excluding hydrogens is 444 g/mol. The van der Waals surface area contributed by atoms with Crippen LogP contribution in [0.2, 0.25) is 0 Å². The van der Waals surface area contributed by atoms with Crippen LogP contribution in [0.25, 0.3) is 11.3 Å². The van der Waals surface area contributed by atoms with Crippen molar-refractivity contribution in [3.05, 3.63) is 89.7 Å². The number of carbonyl (C=O) groups is 1. The second-order valence-corrected chi connectivity index (χ2v) is 8.16. The molecule has 0 spiro atoms. The van der Waals surface area contributed by atoms with Crippen LogP contribution in [0.3, 0.4) is 0 Å². The first-order valence-electron chi connectivity index (χ1n) is 11.0. The first-order valence-corrected chi connectivity index (χ1v) is 11.0. The van der Waals surface area contributed by atoms with Crippen molar-refractivity contribution >= 4 is 6.41 Å². The number of aryl methyl sites for hydroxylation is 1. The van der Waals surface area contributed by atoms with Gasteiger partial charge in [-0.15, -0.1) is 0 Å². The van der Waals surface area contributed by atoms with Gasteiger partial charge in [0.15, 0.2) is 0 Å². The van der Waals surface area contributed by atoms with Crippen LogP contribution in [-0.4, -0.2) is 33.5 Å². The molecule has 5 N–H and O–H groups in total. The highest BCUT2D eigenvalue weighted by Crippen LogP contribution is 2.30. The van der Waals surface area contributed by atoms with E-state index in [2.05, 4.69) is 78.9 Å². The molecule has 3 heterocycles. The molecule has 9 heteroatoms. The van der Waals surface area contributed by atoms with Gasteiger partial charge >= 0.3 is 0 Å². The van der Waals surface area contributed by atoms with E-state index >= 15 is 0 Å². The molecule has 0 bridgehead atoms. The number of rotatable bonds is 5. The lowest BCUT2D eigenvalue weighted by Crippen LogP contribution is -2.04. The van der Waals surface area contributed by atoms with Gasteiger partial charge in [-0.05, 0) is 42.2 Å². The van der Waals surface area contributed by atoms with Gasteiger partial charge < -0.3 is 20.9 Å². The smallest absolute Gasteiger partial charge is 0.204 e. The number of aromatic amines is 1. The van der Waals surface area contributed by atoms with Crippen molar-refractivity contribution in [1.82, 2.24) is 20.0 Å². The Morgan fingerprint density at radius 3 is 2.66 bits per heavy atom. The largest absolute Gasteiger partial charge is 0.504 e. The summed E-state index contributed by atoms with van der Waals surface area (Å²) in [6.07, 6.45) is 5.26. The summed E-state index contributed by atoms with van der Waals surface area (Å²) in [6.45, 7) is 14.7. The number of ether oxygens (including phenoxy) is 2. The van der Waals surface area contributed by atoms with Gasteiger partial charge in [0.1, 0.15) is 12.4 Å². The summed E-state index contributed by atoms with van der Waals surface area (Å²) >= 11 is 0. The van der Waals surface area contributed by atoms with E-state index in [0.717, 1.165) is 34.9 Å². The molecule has 9 nitrogen and oxygen atoms in total. The van der Waals surface area contributed by atoms with Gasteiger partial charge in [0.25, 0.3) is 0 Å². The number of fused-ring (bicyclic) bond motifs is 2. The molecule has 186 valence electrons. The second-order valence-electron chi connectivity index (χ2n) is 8.16. The van der Waals surface area contributed by atoms with Crippen molar-refractivity contribution in [2.45, 2.75) is 39.8 Å². The molecule has 35 heavy (non-hydrogen) atoms. The third kappa shape index (κ3) is 7.36. The van der Waals surface area contributed by atoms with Crippen LogP contribution in [0.1, 0.15) is 42.3 Å². The molecule has 4 rings (SSSR count). The summed E-state index contributed by atoms with van der Waals surface area (Å²) in [5, 5.41) is 12.1. The zero-order valence-corrected chi connectivity index (χ0v) is 20.7. The number of nitrogens with zero attached hydrogens (tertiary/aromatic N) is 3. The Labute approximate surface area is 206 Å². The molecule has 0 fully saturated rings. The average Bonchev–Trinajstić information content (AvgIpc) is 3.42. The number of hydrogen-bond donors (Lipinski definition) is 3. The monoisotopic (exact) mass is 478 g/mol. The zero-order valence-electron chi connectivity index (χ0n) is 20.7. The van der Waals surface area contributed by atoms with Crippen LogP contribution in [0, 0.1) is 6.92 Å². The summed E-state index contributed by atoms with van der Waals surface area (Å²) in [7, 11) is 1.56. The first kappa shape index (κ1) is 27.0. The van der Waals surface area contributed by atoms with E-state index in [9.17, 15) is 0 Å². The predicted octanol–water partition coefficient (Wildman–Crippen LogP) is 3.92. The van der Waals surface area contributed by atoms with Crippen molar-refractivity contribution in [2.24, 2.45) is 11.5 Å². The van der Waals surface area contributed by atoms with Crippen molar-refractivity contribution in [3.63, 3.8) is 0 Å². The van der Waals surface area contributed by atoms with Gasteiger partial charge in [-0.25, -0.2) is 0 Å². The molecule has 0 unspecified atom stereocenters. The van der Waals surface area contributed by atoms with Gasteiger partial charge in [0.05, 0.1) is 37.5 Å². The molecule has 1 aromatic carbocycles. The molecule has 0 saturated carbocycles. The first-order chi connectivity index (χ1) is 16.7. The quantitative estimate of drug-likeness (QED) is 0.289. The third-order valence-corrected chi connectivity index (χ3v) is 5.12. The number of allylic oxidation sites excluding steroid dienone is 1. The molecule has 0 atom stereocenters. The Hall–Kier alpha value is -4.27. The standard InChI is InChI=1S/C18H20N4O.C7H11NO.CH3NO/c1-11(2)18-15(8-19-20-18)16-7-14-10-23-17-6-12(3)4-5-13(17)9-22(14)21-16;1-6(7(2)8)4-5-9-3;2-1-3/h4-8,11H,9-10H2,1-3H3,(H,19,20);4-5H,1-2,8H2,3H3;1H,(H2,2,3)/b;5-4+;. The topological polar surface area (TPSA) is 134 Å². The molecule has 0 aliphatic carbocycles. The Morgan fingerprint density at radius 2 is 2.03 bits per heavy atom. The van der Waals surface area contributed by atoms with Gasteiger partial charge in [0.2, 0.25) is 6.41 Å². The van der Waals surface area contributed by atoms with Crippen molar-refractivity contribution in [2.75, 3.05) is 7.11 Å². The maximum Gasteiger partial charge on any atom is 0.204 e. The lowest BCUT2D eigenvalue weighted by molar-refractivity contribution is -0.106. The van der Waals surface area contributed by atoms with Crippen LogP contribution in [-0.2, 0) is 22.7 Å². The Bertz CT molecular complexity index is 1190. The van der Waals surface area contributed by atoms with Crippen molar-refractivity contribution < 1.29 is 14.3 Å². The van der Waals surface area contributed by atoms with Crippen molar-refractivity contribution in [1.29, 1.82) is 0 Å². The number of nitrogens with two attached hydrogens (primary N) is 2. The van der Waals surface area contributed by atoms with E-state index in [-0.39, 0.29) is 6.41 Å². The third-order valence-electron chi connectivity index (χ3n) is 5.12. The SMILES string of the molecule is C=C(N)C(=C)/C=C/OC.Cc1ccc2c(c1)OCc1cc(-c3cn[nH]c3C(C)C)nn1C2.NC=O. The summed E-state index contributed by atoms with van der Waals surface area (Å²) in [6, 6.07) is 8.44. The van der Waals surface area contributed by atoms with Crippen molar-refractivity contribution in [3.8, 4) is 17.0 Å². The molecule has 3 aromatic rings. The minimum absolute atomic E-state index is 0.250. The van der Waals surface area contributed by atoms with Gasteiger partial charge in [-0.3, -0.25) is 14.6 Å². The van der Waals surface area contributed by atoms with Crippen LogP contribution in [0.15, 0.2) is 67.2 Å². The normalized spacial score (nSPS) is 11.6. The fourth-order valence-corrected chi connectivity index (χ4v) is 3.28. The van der Waals surface area contributed by atoms with E-state index in [4.69, 9.17) is 20.4 Å². The van der Waals surface area contributed by atoms with E-state index < -0.39 is 0 Å². The minimum Gasteiger partial charge on any atom is -0.504 e. The van der Waals surface area contributed by atoms with Gasteiger partial charge in [-0.2, -0.15) is 10.2 Å². The number of primary amides is 1. The summed E-state index contributed by atoms with van der Waals surface area (Å²) in [5.74, 6) is 1.34. The van der Waals surface area contributed by atoms with Crippen LogP contribution < -0.4 is 16.2 Å². The Morgan fingerprint density at radius 1 is 1.31 bits per heavy atom. The number of methoxy groups -OCH3 is 1. The summed E-state index contributed by atoms with van der Waals surface area (Å²) in [5.41, 5.74) is 17.2. The average molecular weight is 479 g/mol. The molecule has 1 aliphatic rings. The van der Waals surface area contributed by atoms with Gasteiger partial charge in [-0.1, -0.05) is 39.1 Å². The number of hydrogen-bond acceptors (Lipinski definition) is 6. The number of carbonyl (C=O) groups excluding carboxylic acids is 1. The number of amides is 1. The Kier molecular flexibility index (Phi) is 9.89. The minimum atomic E-state index is 0.250. The molecule has 2 aromatic heterocycles. The lowest BCUT2D eigenvalue weighted by Gasteiger charge is -2.07. The van der Waals surface area contributed by atoms with Crippen LogP contribution >= 0.6 is 0 Å². The number of H-pyrrole nitrogens is 1. The molecule has 0 radical (unpaired) electrons. The number of nitrogens with one attached hydrogen (secondary N) is 1. The second kappa shape index (κ2) is 12.8. The van der Waals surface area contributed by atoms with E-state index in [1.165, 1.54) is 17.4 Å². The Balaban J connectivity index is 0.000000304. The van der Waals surface area contributed by atoms with Gasteiger partial charge in [0, 0.05) is 22.5 Å². The predicted molar refractivity (Wildman–Crippen MR) is 137 cm³/mol. The summed E-state index contributed by atoms with van der Waals surface area (Å²) < 4.78 is 12.6. The maximum atomic E-state index is 8.58. The highest BCUT2D eigenvalue weighted by Gasteiger charge is 2.19. The molecule has 1 amide bonds. The number of aromatic nitrogens is 4. The summed E-state index contributed by atoms with van der Waals surface area (Å²) in [4.78, 5) is 8.58. The van der Waals surface area contributed by atoms with Crippen LogP contribution in [0.4, 0.5) is 0 Å². The highest BCUT2D eigenvalue weighted by atomic mass is 16.5.